The molecule has 0 aliphatic carbocycles. The maximum absolute atomic E-state index is 11.1. The lowest BCUT2D eigenvalue weighted by molar-refractivity contribution is 0.0695. The average molecular weight is 257 g/mol. The Morgan fingerprint density at radius 2 is 1.95 bits per heavy atom. The smallest absolute Gasteiger partial charge is 0.337 e. The van der Waals surface area contributed by atoms with Crippen molar-refractivity contribution in [3.8, 4) is 0 Å². The molecular weight excluding hydrogens is 238 g/mol. The van der Waals surface area contributed by atoms with Crippen molar-refractivity contribution >= 4 is 5.97 Å². The van der Waals surface area contributed by atoms with Crippen LogP contribution in [0.5, 0.6) is 0 Å². The van der Waals surface area contributed by atoms with Gasteiger partial charge >= 0.3 is 5.97 Å². The van der Waals surface area contributed by atoms with E-state index in [0.29, 0.717) is 5.56 Å². The molecule has 19 heavy (non-hydrogen) atoms. The molecule has 0 radical (unpaired) electrons. The third-order valence-corrected chi connectivity index (χ3v) is 3.35. The van der Waals surface area contributed by atoms with Crippen molar-refractivity contribution in [1.29, 1.82) is 0 Å². The Labute approximate surface area is 113 Å². The number of rotatable bonds is 6. The molecular formula is C16H19NO2. The summed E-state index contributed by atoms with van der Waals surface area (Å²) in [5.74, 6) is -0.835. The fraction of sp³-hybridized carbons (Fsp3) is 0.312. The van der Waals surface area contributed by atoms with Gasteiger partial charge in [-0.2, -0.15) is 0 Å². The molecule has 1 N–H and O–H groups in total. The Morgan fingerprint density at radius 1 is 1.21 bits per heavy atom. The molecule has 2 aromatic rings. The van der Waals surface area contributed by atoms with Crippen molar-refractivity contribution in [3.05, 3.63) is 59.4 Å². The summed E-state index contributed by atoms with van der Waals surface area (Å²) in [4.78, 5) is 11.1. The molecule has 0 aliphatic rings. The van der Waals surface area contributed by atoms with Crippen molar-refractivity contribution in [2.75, 3.05) is 0 Å². The number of carbonyl (C=O) groups is 1. The van der Waals surface area contributed by atoms with Crippen LogP contribution in [0.15, 0.2) is 42.6 Å². The van der Waals surface area contributed by atoms with Crippen LogP contribution in [0.3, 0.4) is 0 Å². The fourth-order valence-corrected chi connectivity index (χ4v) is 2.40. The maximum atomic E-state index is 11.1. The van der Waals surface area contributed by atoms with Crippen LogP contribution in [0.2, 0.25) is 0 Å². The van der Waals surface area contributed by atoms with Gasteiger partial charge < -0.3 is 9.67 Å². The minimum Gasteiger partial charge on any atom is -0.478 e. The molecule has 3 nitrogen and oxygen atoms in total. The van der Waals surface area contributed by atoms with E-state index in [0.717, 1.165) is 31.5 Å². The van der Waals surface area contributed by atoms with Crippen LogP contribution >= 0.6 is 0 Å². The van der Waals surface area contributed by atoms with Gasteiger partial charge in [0.2, 0.25) is 0 Å². The SMILES string of the molecule is CCc1c(C(=O)O)ccn1CCCc1ccccc1. The lowest BCUT2D eigenvalue weighted by atomic mass is 10.1. The van der Waals surface area contributed by atoms with Gasteiger partial charge in [-0.1, -0.05) is 37.3 Å². The molecule has 1 aromatic carbocycles. The molecule has 1 heterocycles. The van der Waals surface area contributed by atoms with Crippen LogP contribution in [0.1, 0.15) is 35.0 Å². The highest BCUT2D eigenvalue weighted by Gasteiger charge is 2.12. The van der Waals surface area contributed by atoms with Crippen molar-refractivity contribution in [3.63, 3.8) is 0 Å². The highest BCUT2D eigenvalue weighted by atomic mass is 16.4. The van der Waals surface area contributed by atoms with Gasteiger partial charge in [-0.25, -0.2) is 4.79 Å². The molecule has 1 aromatic heterocycles. The molecule has 0 saturated heterocycles. The second-order valence-electron chi connectivity index (χ2n) is 4.62. The van der Waals surface area contributed by atoms with E-state index in [-0.39, 0.29) is 0 Å². The Kier molecular flexibility index (Phi) is 4.39. The number of benzene rings is 1. The largest absolute Gasteiger partial charge is 0.478 e. The fourth-order valence-electron chi connectivity index (χ4n) is 2.40. The van der Waals surface area contributed by atoms with Crippen molar-refractivity contribution in [2.45, 2.75) is 32.7 Å². The third kappa shape index (κ3) is 3.25. The Balaban J connectivity index is 1.98. The van der Waals surface area contributed by atoms with Crippen molar-refractivity contribution in [1.82, 2.24) is 4.57 Å². The standard InChI is InChI=1S/C16H19NO2/c1-2-15-14(16(18)19)10-12-17(15)11-6-9-13-7-4-3-5-8-13/h3-5,7-8,10,12H,2,6,9,11H2,1H3,(H,18,19). The molecule has 0 fully saturated rings. The summed E-state index contributed by atoms with van der Waals surface area (Å²) >= 11 is 0. The predicted octanol–water partition coefficient (Wildman–Crippen LogP) is 3.38. The average Bonchev–Trinajstić information content (AvgIpc) is 2.83. The van der Waals surface area contributed by atoms with Gasteiger partial charge in [0.1, 0.15) is 0 Å². The van der Waals surface area contributed by atoms with Crippen molar-refractivity contribution in [2.24, 2.45) is 0 Å². The zero-order valence-corrected chi connectivity index (χ0v) is 11.2. The summed E-state index contributed by atoms with van der Waals surface area (Å²) < 4.78 is 2.06. The van der Waals surface area contributed by atoms with E-state index in [1.807, 2.05) is 31.3 Å². The third-order valence-electron chi connectivity index (χ3n) is 3.35. The van der Waals surface area contributed by atoms with Gasteiger partial charge in [-0.05, 0) is 30.9 Å². The van der Waals surface area contributed by atoms with Crippen LogP contribution in [0.4, 0.5) is 0 Å². The quantitative estimate of drug-likeness (QED) is 0.862. The molecule has 0 atom stereocenters. The number of nitrogens with zero attached hydrogens (tertiary/aromatic N) is 1. The van der Waals surface area contributed by atoms with E-state index in [1.54, 1.807) is 6.07 Å². The second kappa shape index (κ2) is 6.23. The predicted molar refractivity (Wildman–Crippen MR) is 75.5 cm³/mol. The van der Waals surface area contributed by atoms with E-state index in [2.05, 4.69) is 16.7 Å². The summed E-state index contributed by atoms with van der Waals surface area (Å²) in [5.41, 5.74) is 2.67. The summed E-state index contributed by atoms with van der Waals surface area (Å²) in [7, 11) is 0. The first-order chi connectivity index (χ1) is 9.22. The minimum absolute atomic E-state index is 0.433. The van der Waals surface area contributed by atoms with E-state index in [4.69, 9.17) is 5.11 Å². The van der Waals surface area contributed by atoms with Gasteiger partial charge in [0, 0.05) is 18.4 Å². The molecule has 2 rings (SSSR count). The first-order valence-electron chi connectivity index (χ1n) is 6.67. The van der Waals surface area contributed by atoms with Crippen LogP contribution in [0.25, 0.3) is 0 Å². The number of hydrogen-bond donors (Lipinski definition) is 1. The number of aryl methyl sites for hydroxylation is 2. The molecule has 0 spiro atoms. The van der Waals surface area contributed by atoms with Crippen LogP contribution in [-0.4, -0.2) is 15.6 Å². The normalized spacial score (nSPS) is 10.6. The highest BCUT2D eigenvalue weighted by Crippen LogP contribution is 2.14. The Bertz CT molecular complexity index is 543. The van der Waals surface area contributed by atoms with E-state index >= 15 is 0 Å². The maximum Gasteiger partial charge on any atom is 0.337 e. The summed E-state index contributed by atoms with van der Waals surface area (Å²) in [6.45, 7) is 2.86. The first kappa shape index (κ1) is 13.4. The molecule has 100 valence electrons. The van der Waals surface area contributed by atoms with Gasteiger partial charge in [-0.3, -0.25) is 0 Å². The van der Waals surface area contributed by atoms with Gasteiger partial charge in [0.25, 0.3) is 0 Å². The molecule has 0 bridgehead atoms. The highest BCUT2D eigenvalue weighted by molar-refractivity contribution is 5.89. The number of aromatic nitrogens is 1. The lowest BCUT2D eigenvalue weighted by Crippen LogP contribution is -2.06. The zero-order valence-electron chi connectivity index (χ0n) is 11.2. The number of carboxylic acid groups (broad SMARTS) is 1. The summed E-state index contributed by atoms with van der Waals surface area (Å²) in [6.07, 6.45) is 4.67. The molecule has 0 unspecified atom stereocenters. The van der Waals surface area contributed by atoms with Gasteiger partial charge in [-0.15, -0.1) is 0 Å². The number of carboxylic acids is 1. The molecule has 0 amide bonds. The first-order valence-corrected chi connectivity index (χ1v) is 6.67. The van der Waals surface area contributed by atoms with Gasteiger partial charge in [0.05, 0.1) is 5.56 Å². The van der Waals surface area contributed by atoms with Crippen LogP contribution in [0, 0.1) is 0 Å². The number of hydrogen-bond acceptors (Lipinski definition) is 1. The van der Waals surface area contributed by atoms with E-state index in [1.165, 1.54) is 5.56 Å². The zero-order chi connectivity index (χ0) is 13.7. The molecule has 0 aliphatic heterocycles. The van der Waals surface area contributed by atoms with Crippen LogP contribution < -0.4 is 0 Å². The Hall–Kier alpha value is -2.03. The van der Waals surface area contributed by atoms with Crippen LogP contribution in [-0.2, 0) is 19.4 Å². The van der Waals surface area contributed by atoms with E-state index in [9.17, 15) is 4.79 Å². The van der Waals surface area contributed by atoms with E-state index < -0.39 is 5.97 Å². The topological polar surface area (TPSA) is 42.2 Å². The molecule has 3 heteroatoms. The Morgan fingerprint density at radius 3 is 2.58 bits per heavy atom. The minimum atomic E-state index is -0.835. The lowest BCUT2D eigenvalue weighted by Gasteiger charge is -2.08. The van der Waals surface area contributed by atoms with Crippen molar-refractivity contribution < 1.29 is 9.90 Å². The second-order valence-corrected chi connectivity index (χ2v) is 4.62. The summed E-state index contributed by atoms with van der Waals surface area (Å²) in [5, 5.41) is 9.10. The summed E-state index contributed by atoms with van der Waals surface area (Å²) in [6, 6.07) is 12.1. The molecule has 0 saturated carbocycles. The van der Waals surface area contributed by atoms with Gasteiger partial charge in [0.15, 0.2) is 0 Å². The number of aromatic carboxylic acids is 1. The monoisotopic (exact) mass is 257 g/mol.